The van der Waals surface area contributed by atoms with E-state index in [0.29, 0.717) is 32.5 Å². The van der Waals surface area contributed by atoms with Crippen molar-refractivity contribution >= 4 is 17.5 Å². The van der Waals surface area contributed by atoms with Gasteiger partial charge in [-0.15, -0.1) is 0 Å². The molecule has 0 aliphatic carbocycles. The van der Waals surface area contributed by atoms with E-state index in [-0.39, 0.29) is 17.7 Å². The molecular formula is C17H25N3O2. The van der Waals surface area contributed by atoms with Gasteiger partial charge in [0.15, 0.2) is 0 Å². The van der Waals surface area contributed by atoms with Crippen molar-refractivity contribution in [1.29, 1.82) is 0 Å². The van der Waals surface area contributed by atoms with Gasteiger partial charge >= 0.3 is 0 Å². The average Bonchev–Trinajstić information content (AvgIpc) is 2.55. The molecule has 2 rings (SSSR count). The maximum Gasteiger partial charge on any atom is 0.224 e. The Hall–Kier alpha value is -2.04. The summed E-state index contributed by atoms with van der Waals surface area (Å²) in [4.78, 5) is 27.7. The van der Waals surface area contributed by atoms with Crippen LogP contribution in [-0.4, -0.2) is 49.9 Å². The van der Waals surface area contributed by atoms with Crippen LogP contribution in [0.5, 0.6) is 0 Å². The first-order valence-electron chi connectivity index (χ1n) is 7.93. The minimum Gasteiger partial charge on any atom is -0.373 e. The third kappa shape index (κ3) is 4.23. The number of amides is 2. The normalized spacial score (nSPS) is 18.2. The van der Waals surface area contributed by atoms with Gasteiger partial charge in [-0.25, -0.2) is 0 Å². The van der Waals surface area contributed by atoms with Crippen LogP contribution in [0.2, 0.25) is 0 Å². The van der Waals surface area contributed by atoms with Crippen LogP contribution in [0.4, 0.5) is 5.69 Å². The van der Waals surface area contributed by atoms with Crippen molar-refractivity contribution in [1.82, 2.24) is 10.2 Å². The molecule has 0 radical (unpaired) electrons. The van der Waals surface area contributed by atoms with Crippen molar-refractivity contribution in [2.75, 3.05) is 38.1 Å². The Morgan fingerprint density at radius 1 is 1.36 bits per heavy atom. The van der Waals surface area contributed by atoms with Gasteiger partial charge in [0.2, 0.25) is 11.8 Å². The molecule has 1 fully saturated rings. The summed E-state index contributed by atoms with van der Waals surface area (Å²) < 4.78 is 0. The lowest BCUT2D eigenvalue weighted by atomic mass is 9.96. The van der Waals surface area contributed by atoms with Crippen molar-refractivity contribution in [3.05, 3.63) is 30.3 Å². The maximum atomic E-state index is 12.2. The van der Waals surface area contributed by atoms with Crippen molar-refractivity contribution in [2.45, 2.75) is 19.8 Å². The number of rotatable bonds is 6. The number of hydrogen-bond acceptors (Lipinski definition) is 3. The van der Waals surface area contributed by atoms with Gasteiger partial charge in [0, 0.05) is 45.3 Å². The lowest BCUT2D eigenvalue weighted by molar-refractivity contribution is -0.138. The standard InChI is InChI=1S/C17H25N3O2/c1-3-20-13-14(9-10-16(20)21)17(22)18-11-12-19(2)15-7-5-4-6-8-15/h4-8,14H,3,9-13H2,1-2H3,(H,18,22)/t14-/m1/s1. The lowest BCUT2D eigenvalue weighted by Gasteiger charge is -2.31. The van der Waals surface area contributed by atoms with Gasteiger partial charge in [0.25, 0.3) is 0 Å². The number of carbonyl (C=O) groups is 2. The number of benzene rings is 1. The van der Waals surface area contributed by atoms with Crippen LogP contribution < -0.4 is 10.2 Å². The van der Waals surface area contributed by atoms with Crippen molar-refractivity contribution in [2.24, 2.45) is 5.92 Å². The lowest BCUT2D eigenvalue weighted by Crippen LogP contribution is -2.46. The molecule has 1 aliphatic heterocycles. The Morgan fingerprint density at radius 3 is 2.77 bits per heavy atom. The fourth-order valence-electron chi connectivity index (χ4n) is 2.74. The molecule has 2 amide bonds. The summed E-state index contributed by atoms with van der Waals surface area (Å²) in [6.07, 6.45) is 1.14. The monoisotopic (exact) mass is 303 g/mol. The van der Waals surface area contributed by atoms with Gasteiger partial charge in [0.05, 0.1) is 5.92 Å². The largest absolute Gasteiger partial charge is 0.373 e. The van der Waals surface area contributed by atoms with Crippen molar-refractivity contribution < 1.29 is 9.59 Å². The van der Waals surface area contributed by atoms with Crippen LogP contribution in [-0.2, 0) is 9.59 Å². The number of hydrogen-bond donors (Lipinski definition) is 1. The van der Waals surface area contributed by atoms with Crippen molar-refractivity contribution in [3.63, 3.8) is 0 Å². The molecule has 1 saturated heterocycles. The Balaban J connectivity index is 1.75. The molecule has 22 heavy (non-hydrogen) atoms. The molecule has 1 aliphatic rings. The maximum absolute atomic E-state index is 12.2. The summed E-state index contributed by atoms with van der Waals surface area (Å²) in [5, 5.41) is 2.99. The number of nitrogens with one attached hydrogen (secondary N) is 1. The molecule has 0 unspecified atom stereocenters. The summed E-state index contributed by atoms with van der Waals surface area (Å²) in [5.74, 6) is 0.155. The van der Waals surface area contributed by atoms with E-state index < -0.39 is 0 Å². The van der Waals surface area contributed by atoms with E-state index in [9.17, 15) is 9.59 Å². The number of likely N-dealkylation sites (N-methyl/N-ethyl adjacent to an activating group) is 1. The molecule has 0 aromatic heterocycles. The molecule has 1 aromatic rings. The molecule has 0 spiro atoms. The molecule has 5 heteroatoms. The van der Waals surface area contributed by atoms with E-state index in [2.05, 4.69) is 10.2 Å². The number of nitrogens with zero attached hydrogens (tertiary/aromatic N) is 2. The first kappa shape index (κ1) is 16.3. The third-order valence-electron chi connectivity index (χ3n) is 4.20. The third-order valence-corrected chi connectivity index (χ3v) is 4.20. The van der Waals surface area contributed by atoms with Crippen LogP contribution in [0.25, 0.3) is 0 Å². The Bertz CT molecular complexity index is 504. The van der Waals surface area contributed by atoms with Crippen LogP contribution in [0, 0.1) is 5.92 Å². The summed E-state index contributed by atoms with van der Waals surface area (Å²) in [6.45, 7) is 4.56. The SMILES string of the molecule is CCN1C[C@H](C(=O)NCCN(C)c2ccccc2)CCC1=O. The number of anilines is 1. The van der Waals surface area contributed by atoms with Gasteiger partial charge in [-0.3, -0.25) is 9.59 Å². The highest BCUT2D eigenvalue weighted by Gasteiger charge is 2.28. The molecule has 1 heterocycles. The van der Waals surface area contributed by atoms with Crippen LogP contribution in [0.15, 0.2) is 30.3 Å². The molecule has 1 aromatic carbocycles. The van der Waals surface area contributed by atoms with E-state index in [1.54, 1.807) is 4.90 Å². The minimum atomic E-state index is -0.0697. The van der Waals surface area contributed by atoms with Gasteiger partial charge in [-0.05, 0) is 25.5 Å². The second-order valence-corrected chi connectivity index (χ2v) is 5.72. The highest BCUT2D eigenvalue weighted by Crippen LogP contribution is 2.17. The van der Waals surface area contributed by atoms with E-state index >= 15 is 0 Å². The fourth-order valence-corrected chi connectivity index (χ4v) is 2.74. The Morgan fingerprint density at radius 2 is 2.09 bits per heavy atom. The first-order valence-corrected chi connectivity index (χ1v) is 7.93. The Labute approximate surface area is 132 Å². The summed E-state index contributed by atoms with van der Waals surface area (Å²) in [6, 6.07) is 10.1. The van der Waals surface area contributed by atoms with Crippen LogP contribution in [0.1, 0.15) is 19.8 Å². The molecule has 120 valence electrons. The molecule has 1 N–H and O–H groups in total. The molecule has 1 atom stereocenters. The number of carbonyl (C=O) groups excluding carboxylic acids is 2. The zero-order valence-corrected chi connectivity index (χ0v) is 13.4. The Kier molecular flexibility index (Phi) is 5.81. The number of likely N-dealkylation sites (tertiary alicyclic amines) is 1. The van der Waals surface area contributed by atoms with E-state index in [1.807, 2.05) is 44.3 Å². The highest BCUT2D eigenvalue weighted by atomic mass is 16.2. The average molecular weight is 303 g/mol. The topological polar surface area (TPSA) is 52.7 Å². The molecular weight excluding hydrogens is 278 g/mol. The van der Waals surface area contributed by atoms with E-state index in [4.69, 9.17) is 0 Å². The van der Waals surface area contributed by atoms with Crippen LogP contribution in [0.3, 0.4) is 0 Å². The zero-order chi connectivity index (χ0) is 15.9. The predicted octanol–water partition coefficient (Wildman–Crippen LogP) is 1.50. The second-order valence-electron chi connectivity index (χ2n) is 5.72. The van der Waals surface area contributed by atoms with Gasteiger partial charge in [0.1, 0.15) is 0 Å². The molecule has 0 saturated carbocycles. The fraction of sp³-hybridized carbons (Fsp3) is 0.529. The first-order chi connectivity index (χ1) is 10.6. The van der Waals surface area contributed by atoms with E-state index in [0.717, 1.165) is 12.2 Å². The number of para-hydroxylation sites is 1. The second kappa shape index (κ2) is 7.82. The summed E-state index contributed by atoms with van der Waals surface area (Å²) in [5.41, 5.74) is 1.14. The van der Waals surface area contributed by atoms with Crippen molar-refractivity contribution in [3.8, 4) is 0 Å². The molecule has 5 nitrogen and oxygen atoms in total. The quantitative estimate of drug-likeness (QED) is 0.866. The predicted molar refractivity (Wildman–Crippen MR) is 87.7 cm³/mol. The smallest absolute Gasteiger partial charge is 0.224 e. The summed E-state index contributed by atoms with van der Waals surface area (Å²) in [7, 11) is 2.01. The highest BCUT2D eigenvalue weighted by molar-refractivity contribution is 5.83. The van der Waals surface area contributed by atoms with E-state index in [1.165, 1.54) is 0 Å². The van der Waals surface area contributed by atoms with Gasteiger partial charge in [-0.2, -0.15) is 0 Å². The van der Waals surface area contributed by atoms with Gasteiger partial charge in [-0.1, -0.05) is 18.2 Å². The summed E-state index contributed by atoms with van der Waals surface area (Å²) >= 11 is 0. The van der Waals surface area contributed by atoms with Crippen LogP contribution >= 0.6 is 0 Å². The van der Waals surface area contributed by atoms with Gasteiger partial charge < -0.3 is 15.1 Å². The number of piperidine rings is 1. The minimum absolute atomic E-state index is 0.0624. The molecule has 0 bridgehead atoms. The zero-order valence-electron chi connectivity index (χ0n) is 13.4.